The fourth-order valence-electron chi connectivity index (χ4n) is 1.60. The van der Waals surface area contributed by atoms with Gasteiger partial charge in [0.25, 0.3) is 11.8 Å². The van der Waals surface area contributed by atoms with Crippen molar-refractivity contribution in [1.82, 2.24) is 20.6 Å². The number of rotatable bonds is 7. The van der Waals surface area contributed by atoms with E-state index >= 15 is 0 Å². The molecule has 22 heavy (non-hydrogen) atoms. The molecule has 0 unspecified atom stereocenters. The fraction of sp³-hybridized carbons (Fsp3) is 0.200. The molecule has 1 aromatic carbocycles. The molecule has 0 saturated carbocycles. The van der Waals surface area contributed by atoms with Gasteiger partial charge in [0.05, 0.1) is 6.20 Å². The van der Waals surface area contributed by atoms with Crippen molar-refractivity contribution < 1.29 is 14.3 Å². The predicted molar refractivity (Wildman–Crippen MR) is 79.3 cm³/mol. The summed E-state index contributed by atoms with van der Waals surface area (Å²) in [5.41, 5.74) is 0.237. The Bertz CT molecular complexity index is 605. The van der Waals surface area contributed by atoms with Gasteiger partial charge in [0, 0.05) is 25.5 Å². The van der Waals surface area contributed by atoms with E-state index in [0.29, 0.717) is 18.8 Å². The van der Waals surface area contributed by atoms with E-state index in [2.05, 4.69) is 20.6 Å². The Morgan fingerprint density at radius 3 is 2.55 bits per heavy atom. The number of benzene rings is 1. The van der Waals surface area contributed by atoms with Gasteiger partial charge in [-0.25, -0.2) is 4.98 Å². The van der Waals surface area contributed by atoms with E-state index in [1.165, 1.54) is 18.6 Å². The van der Waals surface area contributed by atoms with Crippen LogP contribution in [0.15, 0.2) is 48.9 Å². The molecule has 0 spiro atoms. The number of nitrogens with one attached hydrogen (secondary N) is 2. The first-order valence-corrected chi connectivity index (χ1v) is 6.74. The van der Waals surface area contributed by atoms with Crippen molar-refractivity contribution in [3.05, 3.63) is 54.6 Å². The number of para-hydroxylation sites is 1. The minimum absolute atomic E-state index is 0.0673. The maximum Gasteiger partial charge on any atom is 0.271 e. The lowest BCUT2D eigenvalue weighted by molar-refractivity contribution is -0.123. The highest BCUT2D eigenvalue weighted by Gasteiger charge is 2.06. The van der Waals surface area contributed by atoms with Gasteiger partial charge in [-0.2, -0.15) is 0 Å². The number of carbonyl (C=O) groups excluding carboxylic acids is 2. The third-order valence-corrected chi connectivity index (χ3v) is 2.64. The minimum Gasteiger partial charge on any atom is -0.484 e. The normalized spacial score (nSPS) is 9.82. The van der Waals surface area contributed by atoms with Crippen molar-refractivity contribution in [3.8, 4) is 5.75 Å². The van der Waals surface area contributed by atoms with Crippen LogP contribution in [0.2, 0.25) is 0 Å². The third-order valence-electron chi connectivity index (χ3n) is 2.64. The summed E-state index contributed by atoms with van der Waals surface area (Å²) in [6.07, 6.45) is 4.31. The highest BCUT2D eigenvalue weighted by atomic mass is 16.5. The van der Waals surface area contributed by atoms with E-state index in [1.54, 1.807) is 12.1 Å². The third kappa shape index (κ3) is 5.20. The number of amides is 2. The fourth-order valence-corrected chi connectivity index (χ4v) is 1.60. The number of hydrogen-bond donors (Lipinski definition) is 2. The van der Waals surface area contributed by atoms with Crippen LogP contribution in [0.5, 0.6) is 5.75 Å². The molecule has 0 bridgehead atoms. The molecular formula is C15H16N4O3. The first kappa shape index (κ1) is 15.4. The molecule has 1 heterocycles. The first-order chi connectivity index (χ1) is 10.8. The smallest absolute Gasteiger partial charge is 0.271 e. The topological polar surface area (TPSA) is 93.2 Å². The van der Waals surface area contributed by atoms with E-state index in [9.17, 15) is 9.59 Å². The molecule has 0 aliphatic heterocycles. The summed E-state index contributed by atoms with van der Waals surface area (Å²) >= 11 is 0. The zero-order valence-electron chi connectivity index (χ0n) is 11.9. The predicted octanol–water partition coefficient (Wildman–Crippen LogP) is 0.402. The number of aromatic nitrogens is 2. The van der Waals surface area contributed by atoms with Gasteiger partial charge in [-0.15, -0.1) is 0 Å². The Kier molecular flexibility index (Phi) is 5.86. The number of nitrogens with zero attached hydrogens (tertiary/aromatic N) is 2. The summed E-state index contributed by atoms with van der Waals surface area (Å²) < 4.78 is 5.30. The molecular weight excluding hydrogens is 284 g/mol. The lowest BCUT2D eigenvalue weighted by Gasteiger charge is -2.08. The van der Waals surface area contributed by atoms with Crippen molar-refractivity contribution in [2.45, 2.75) is 0 Å². The second-order valence-corrected chi connectivity index (χ2v) is 4.30. The van der Waals surface area contributed by atoms with Gasteiger partial charge in [-0.1, -0.05) is 18.2 Å². The van der Waals surface area contributed by atoms with Crippen LogP contribution in [0, 0.1) is 0 Å². The van der Waals surface area contributed by atoms with E-state index < -0.39 is 0 Å². The molecule has 0 saturated heterocycles. The molecule has 1 aromatic heterocycles. The highest BCUT2D eigenvalue weighted by molar-refractivity contribution is 5.91. The number of hydrogen-bond acceptors (Lipinski definition) is 5. The summed E-state index contributed by atoms with van der Waals surface area (Å²) in [5, 5.41) is 5.28. The van der Waals surface area contributed by atoms with Gasteiger partial charge in [0.1, 0.15) is 11.4 Å². The molecule has 0 aliphatic rings. The first-order valence-electron chi connectivity index (χ1n) is 6.74. The van der Waals surface area contributed by atoms with E-state index in [4.69, 9.17) is 4.74 Å². The monoisotopic (exact) mass is 300 g/mol. The molecule has 2 aromatic rings. The van der Waals surface area contributed by atoms with E-state index in [1.807, 2.05) is 18.2 Å². The minimum atomic E-state index is -0.331. The number of carbonyl (C=O) groups is 2. The Balaban J connectivity index is 1.60. The zero-order valence-corrected chi connectivity index (χ0v) is 11.9. The van der Waals surface area contributed by atoms with Crippen LogP contribution in [0.1, 0.15) is 10.5 Å². The Morgan fingerprint density at radius 1 is 1.05 bits per heavy atom. The van der Waals surface area contributed by atoms with Gasteiger partial charge in [0.2, 0.25) is 0 Å². The Morgan fingerprint density at radius 2 is 1.82 bits per heavy atom. The van der Waals surface area contributed by atoms with Crippen LogP contribution in [0.4, 0.5) is 0 Å². The van der Waals surface area contributed by atoms with Crippen LogP contribution >= 0.6 is 0 Å². The molecule has 0 radical (unpaired) electrons. The second-order valence-electron chi connectivity index (χ2n) is 4.30. The van der Waals surface area contributed by atoms with E-state index in [-0.39, 0.29) is 24.1 Å². The molecule has 2 N–H and O–H groups in total. The van der Waals surface area contributed by atoms with Crippen LogP contribution < -0.4 is 15.4 Å². The van der Waals surface area contributed by atoms with Crippen LogP contribution in [0.3, 0.4) is 0 Å². The van der Waals surface area contributed by atoms with Crippen molar-refractivity contribution in [1.29, 1.82) is 0 Å². The van der Waals surface area contributed by atoms with Crippen LogP contribution in [0.25, 0.3) is 0 Å². The highest BCUT2D eigenvalue weighted by Crippen LogP contribution is 2.07. The average Bonchev–Trinajstić information content (AvgIpc) is 2.58. The SMILES string of the molecule is O=C(COc1ccccc1)NCCNC(=O)c1cnccn1. The van der Waals surface area contributed by atoms with Gasteiger partial charge < -0.3 is 15.4 Å². The lowest BCUT2D eigenvalue weighted by Crippen LogP contribution is -2.37. The molecule has 0 fully saturated rings. The number of ether oxygens (including phenoxy) is 1. The zero-order chi connectivity index (χ0) is 15.6. The summed E-state index contributed by atoms with van der Waals surface area (Å²) in [7, 11) is 0. The largest absolute Gasteiger partial charge is 0.484 e. The van der Waals surface area contributed by atoms with Crippen molar-refractivity contribution >= 4 is 11.8 Å². The molecule has 0 atom stereocenters. The van der Waals surface area contributed by atoms with Gasteiger partial charge in [-0.05, 0) is 12.1 Å². The van der Waals surface area contributed by atoms with Gasteiger partial charge >= 0.3 is 0 Å². The summed E-state index contributed by atoms with van der Waals surface area (Å²) in [6.45, 7) is 0.539. The second kappa shape index (κ2) is 8.35. The van der Waals surface area contributed by atoms with Gasteiger partial charge in [0.15, 0.2) is 6.61 Å². The van der Waals surface area contributed by atoms with E-state index in [0.717, 1.165) is 0 Å². The Labute approximate surface area is 127 Å². The molecule has 7 nitrogen and oxygen atoms in total. The molecule has 0 aliphatic carbocycles. The molecule has 2 amide bonds. The summed E-state index contributed by atoms with van der Waals surface area (Å²) in [4.78, 5) is 30.9. The molecule has 2 rings (SSSR count). The average molecular weight is 300 g/mol. The maximum absolute atomic E-state index is 11.6. The summed E-state index contributed by atoms with van der Waals surface area (Å²) in [6, 6.07) is 9.07. The van der Waals surface area contributed by atoms with Crippen molar-refractivity contribution in [3.63, 3.8) is 0 Å². The van der Waals surface area contributed by atoms with Gasteiger partial charge in [-0.3, -0.25) is 14.6 Å². The van der Waals surface area contributed by atoms with Crippen molar-refractivity contribution in [2.75, 3.05) is 19.7 Å². The standard InChI is InChI=1S/C15H16N4O3/c20-14(11-22-12-4-2-1-3-5-12)18-8-9-19-15(21)13-10-16-6-7-17-13/h1-7,10H,8-9,11H2,(H,18,20)(H,19,21). The summed E-state index contributed by atoms with van der Waals surface area (Å²) in [5.74, 6) is 0.0501. The Hall–Kier alpha value is -2.96. The van der Waals surface area contributed by atoms with Crippen LogP contribution in [-0.4, -0.2) is 41.5 Å². The quantitative estimate of drug-likeness (QED) is 0.722. The maximum atomic E-state index is 11.6. The van der Waals surface area contributed by atoms with Crippen molar-refractivity contribution in [2.24, 2.45) is 0 Å². The van der Waals surface area contributed by atoms with Crippen LogP contribution in [-0.2, 0) is 4.79 Å². The lowest BCUT2D eigenvalue weighted by atomic mass is 10.3. The molecule has 114 valence electrons. The molecule has 7 heteroatoms.